The van der Waals surface area contributed by atoms with E-state index in [1.807, 2.05) is 37.2 Å². The van der Waals surface area contributed by atoms with Crippen LogP contribution in [-0.2, 0) is 6.42 Å². The molecule has 2 rings (SSSR count). The van der Waals surface area contributed by atoms with Crippen LogP contribution < -0.4 is 4.90 Å². The summed E-state index contributed by atoms with van der Waals surface area (Å²) >= 11 is 12.2. The van der Waals surface area contributed by atoms with Gasteiger partial charge >= 0.3 is 0 Å². The number of nitrogens with zero attached hydrogens (tertiary/aromatic N) is 1. The summed E-state index contributed by atoms with van der Waals surface area (Å²) in [4.78, 5) is 14.3. The summed E-state index contributed by atoms with van der Waals surface area (Å²) in [6, 6.07) is 12.8. The predicted octanol–water partition coefficient (Wildman–Crippen LogP) is 4.48. The van der Waals surface area contributed by atoms with Crippen LogP contribution in [0.3, 0.4) is 0 Å². The maximum atomic E-state index is 12.4. The van der Waals surface area contributed by atoms with Crippen molar-refractivity contribution in [1.29, 1.82) is 0 Å². The molecule has 20 heavy (non-hydrogen) atoms. The monoisotopic (exact) mass is 307 g/mol. The first kappa shape index (κ1) is 14.9. The molecule has 0 fully saturated rings. The van der Waals surface area contributed by atoms with Crippen LogP contribution in [0.15, 0.2) is 42.5 Å². The number of carbonyl (C=O) groups excluding carboxylic acids is 1. The lowest BCUT2D eigenvalue weighted by Crippen LogP contribution is -2.10. The quantitative estimate of drug-likeness (QED) is 0.776. The predicted molar refractivity (Wildman–Crippen MR) is 85.3 cm³/mol. The molecule has 0 aliphatic heterocycles. The number of rotatable bonds is 4. The van der Waals surface area contributed by atoms with Crippen molar-refractivity contribution in [3.05, 3.63) is 63.6 Å². The molecule has 2 aromatic rings. The van der Waals surface area contributed by atoms with Crippen molar-refractivity contribution in [2.45, 2.75) is 6.42 Å². The molecule has 4 heteroatoms. The maximum Gasteiger partial charge on any atom is 0.167 e. The van der Waals surface area contributed by atoms with E-state index < -0.39 is 0 Å². The highest BCUT2D eigenvalue weighted by molar-refractivity contribution is 6.36. The van der Waals surface area contributed by atoms with Crippen LogP contribution in [0.5, 0.6) is 0 Å². The van der Waals surface area contributed by atoms with Gasteiger partial charge < -0.3 is 4.90 Å². The second-order valence-electron chi connectivity index (χ2n) is 4.74. The van der Waals surface area contributed by atoms with Crippen LogP contribution in [0.2, 0.25) is 10.0 Å². The summed E-state index contributed by atoms with van der Waals surface area (Å²) in [5.74, 6) is 0.00343. The molecule has 2 aromatic carbocycles. The Morgan fingerprint density at radius 2 is 1.65 bits per heavy atom. The molecule has 0 bridgehead atoms. The highest BCUT2D eigenvalue weighted by Gasteiger charge is 2.13. The van der Waals surface area contributed by atoms with Crippen LogP contribution in [-0.4, -0.2) is 19.9 Å². The first-order valence-corrected chi connectivity index (χ1v) is 6.98. The lowest BCUT2D eigenvalue weighted by Gasteiger charge is -2.13. The van der Waals surface area contributed by atoms with E-state index in [9.17, 15) is 4.79 Å². The van der Waals surface area contributed by atoms with Crippen molar-refractivity contribution in [2.24, 2.45) is 0 Å². The largest absolute Gasteiger partial charge is 0.378 e. The number of hydrogen-bond donors (Lipinski definition) is 0. The fraction of sp³-hybridized carbons (Fsp3) is 0.188. The van der Waals surface area contributed by atoms with Gasteiger partial charge in [-0.1, -0.05) is 41.4 Å². The van der Waals surface area contributed by atoms with Gasteiger partial charge in [-0.15, -0.1) is 0 Å². The maximum absolute atomic E-state index is 12.4. The topological polar surface area (TPSA) is 20.3 Å². The van der Waals surface area contributed by atoms with E-state index in [1.165, 1.54) is 0 Å². The van der Waals surface area contributed by atoms with E-state index in [1.54, 1.807) is 24.3 Å². The number of halogens is 2. The van der Waals surface area contributed by atoms with Crippen LogP contribution in [0.4, 0.5) is 5.69 Å². The molecular weight excluding hydrogens is 293 g/mol. The number of ketones is 1. The summed E-state index contributed by atoms with van der Waals surface area (Å²) < 4.78 is 0. The Labute approximate surface area is 128 Å². The highest BCUT2D eigenvalue weighted by Crippen LogP contribution is 2.26. The van der Waals surface area contributed by atoms with E-state index in [-0.39, 0.29) is 12.2 Å². The van der Waals surface area contributed by atoms with Gasteiger partial charge in [0.25, 0.3) is 0 Å². The summed E-state index contributed by atoms with van der Waals surface area (Å²) in [7, 11) is 3.88. The molecule has 0 aromatic heterocycles. The van der Waals surface area contributed by atoms with Crippen molar-refractivity contribution < 1.29 is 4.79 Å². The van der Waals surface area contributed by atoms with Gasteiger partial charge in [0.2, 0.25) is 0 Å². The summed E-state index contributed by atoms with van der Waals surface area (Å²) in [6.07, 6.45) is 0.204. The Balaban J connectivity index is 2.26. The number of benzene rings is 2. The van der Waals surface area contributed by atoms with Gasteiger partial charge in [-0.25, -0.2) is 0 Å². The average molecular weight is 308 g/mol. The Morgan fingerprint density at radius 1 is 1.05 bits per heavy atom. The second-order valence-corrected chi connectivity index (χ2v) is 5.56. The molecule has 0 atom stereocenters. The molecule has 0 saturated carbocycles. The Kier molecular flexibility index (Phi) is 4.69. The third-order valence-electron chi connectivity index (χ3n) is 3.08. The first-order valence-electron chi connectivity index (χ1n) is 6.22. The zero-order valence-corrected chi connectivity index (χ0v) is 12.9. The number of hydrogen-bond acceptors (Lipinski definition) is 2. The Bertz CT molecular complexity index is 618. The molecule has 0 aliphatic rings. The van der Waals surface area contributed by atoms with E-state index in [4.69, 9.17) is 23.2 Å². The standard InChI is InChI=1S/C16H15Cl2NO/c1-19(2)12-6-3-5-11(9-12)16(20)10-13-14(17)7-4-8-15(13)18/h3-9H,10H2,1-2H3. The average Bonchev–Trinajstić information content (AvgIpc) is 2.43. The number of anilines is 1. The van der Waals surface area contributed by atoms with E-state index in [0.29, 0.717) is 21.2 Å². The SMILES string of the molecule is CN(C)c1cccc(C(=O)Cc2c(Cl)cccc2Cl)c1. The van der Waals surface area contributed by atoms with Crippen molar-refractivity contribution in [3.63, 3.8) is 0 Å². The fourth-order valence-electron chi connectivity index (χ4n) is 1.92. The van der Waals surface area contributed by atoms with Gasteiger partial charge in [0.15, 0.2) is 5.78 Å². The minimum Gasteiger partial charge on any atom is -0.378 e. The minimum absolute atomic E-state index is 0.00343. The molecule has 0 radical (unpaired) electrons. The second kappa shape index (κ2) is 6.29. The van der Waals surface area contributed by atoms with Crippen molar-refractivity contribution in [1.82, 2.24) is 0 Å². The van der Waals surface area contributed by atoms with Gasteiger partial charge in [0.05, 0.1) is 0 Å². The lowest BCUT2D eigenvalue weighted by atomic mass is 10.0. The van der Waals surface area contributed by atoms with Gasteiger partial charge in [0, 0.05) is 41.8 Å². The van der Waals surface area contributed by atoms with E-state index in [0.717, 1.165) is 5.69 Å². The molecule has 0 spiro atoms. The molecule has 0 N–H and O–H groups in total. The zero-order valence-electron chi connectivity index (χ0n) is 11.4. The summed E-state index contributed by atoms with van der Waals surface area (Å²) in [6.45, 7) is 0. The molecule has 2 nitrogen and oxygen atoms in total. The first-order chi connectivity index (χ1) is 9.49. The smallest absolute Gasteiger partial charge is 0.167 e. The van der Waals surface area contributed by atoms with Crippen molar-refractivity contribution in [3.8, 4) is 0 Å². The molecule has 0 aliphatic carbocycles. The Hall–Kier alpha value is -1.51. The van der Waals surface area contributed by atoms with E-state index in [2.05, 4.69) is 0 Å². The van der Waals surface area contributed by atoms with Crippen LogP contribution in [0.25, 0.3) is 0 Å². The highest BCUT2D eigenvalue weighted by atomic mass is 35.5. The van der Waals surface area contributed by atoms with Gasteiger partial charge in [-0.05, 0) is 29.8 Å². The number of carbonyl (C=O) groups is 1. The molecule has 0 heterocycles. The van der Waals surface area contributed by atoms with Crippen molar-refractivity contribution in [2.75, 3.05) is 19.0 Å². The van der Waals surface area contributed by atoms with Crippen LogP contribution in [0, 0.1) is 0 Å². The third-order valence-corrected chi connectivity index (χ3v) is 3.79. The van der Waals surface area contributed by atoms with Gasteiger partial charge in [0.1, 0.15) is 0 Å². The Morgan fingerprint density at radius 3 is 2.25 bits per heavy atom. The molecule has 0 unspecified atom stereocenters. The van der Waals surface area contributed by atoms with E-state index >= 15 is 0 Å². The third kappa shape index (κ3) is 3.33. The van der Waals surface area contributed by atoms with Gasteiger partial charge in [-0.2, -0.15) is 0 Å². The summed E-state index contributed by atoms with van der Waals surface area (Å²) in [5.41, 5.74) is 2.32. The normalized spacial score (nSPS) is 10.4. The fourth-order valence-corrected chi connectivity index (χ4v) is 2.45. The molecule has 104 valence electrons. The molecule has 0 amide bonds. The lowest BCUT2D eigenvalue weighted by molar-refractivity contribution is 0.0993. The zero-order chi connectivity index (χ0) is 14.7. The van der Waals surface area contributed by atoms with Crippen molar-refractivity contribution >= 4 is 34.7 Å². The minimum atomic E-state index is 0.00343. The van der Waals surface area contributed by atoms with Crippen LogP contribution in [0.1, 0.15) is 15.9 Å². The molecular formula is C16H15Cl2NO. The molecule has 0 saturated heterocycles. The van der Waals surface area contributed by atoms with Gasteiger partial charge in [-0.3, -0.25) is 4.79 Å². The number of Topliss-reactive ketones (excluding diaryl/α,β-unsaturated/α-hetero) is 1. The summed E-state index contributed by atoms with van der Waals surface area (Å²) in [5, 5.41) is 1.05. The van der Waals surface area contributed by atoms with Crippen LogP contribution >= 0.6 is 23.2 Å².